The fourth-order valence-corrected chi connectivity index (χ4v) is 2.90. The summed E-state index contributed by atoms with van der Waals surface area (Å²) >= 11 is 0. The number of furan rings is 1. The molecule has 2 aromatic rings. The first-order valence-electron chi connectivity index (χ1n) is 7.72. The van der Waals surface area contributed by atoms with Gasteiger partial charge in [-0.3, -0.25) is 14.9 Å². The van der Waals surface area contributed by atoms with E-state index in [1.165, 1.54) is 31.4 Å². The van der Waals surface area contributed by atoms with Gasteiger partial charge in [0.1, 0.15) is 11.4 Å². The van der Waals surface area contributed by atoms with Crippen molar-refractivity contribution in [3.8, 4) is 0 Å². The number of nitrogens with zero attached hydrogens (tertiary/aromatic N) is 1. The fourth-order valence-electron chi connectivity index (χ4n) is 2.90. The molecule has 7 nitrogen and oxygen atoms in total. The van der Waals surface area contributed by atoms with E-state index < -0.39 is 16.4 Å². The van der Waals surface area contributed by atoms with Crippen LogP contribution in [0, 0.1) is 23.0 Å². The van der Waals surface area contributed by atoms with Gasteiger partial charge in [-0.05, 0) is 43.9 Å². The number of hydrogen-bond acceptors (Lipinski definition) is 5. The number of nitrogens with one attached hydrogen (secondary N) is 1. The Kier molecular flexibility index (Phi) is 4.11. The maximum Gasteiger partial charge on any atom is 0.273 e. The highest BCUT2D eigenvalue weighted by Crippen LogP contribution is 2.45. The van der Waals surface area contributed by atoms with E-state index in [1.807, 2.05) is 0 Å². The lowest BCUT2D eigenvalue weighted by atomic mass is 9.94. The summed E-state index contributed by atoms with van der Waals surface area (Å²) in [5.74, 6) is -0.00180. The second-order valence-corrected chi connectivity index (χ2v) is 6.07. The van der Waals surface area contributed by atoms with Gasteiger partial charge in [-0.1, -0.05) is 6.07 Å². The average molecular weight is 330 g/mol. The van der Waals surface area contributed by atoms with Crippen molar-refractivity contribution in [1.82, 2.24) is 5.32 Å². The third-order valence-corrected chi connectivity index (χ3v) is 4.47. The first-order valence-corrected chi connectivity index (χ1v) is 7.72. The highest BCUT2D eigenvalue weighted by molar-refractivity contribution is 5.96. The number of hydrogen-bond donors (Lipinski definition) is 2. The number of aliphatic hydroxyl groups is 1. The van der Waals surface area contributed by atoms with Gasteiger partial charge in [-0.15, -0.1) is 0 Å². The van der Waals surface area contributed by atoms with E-state index in [2.05, 4.69) is 5.32 Å². The molecule has 1 aromatic heterocycles. The monoisotopic (exact) mass is 330 g/mol. The molecule has 0 radical (unpaired) electrons. The molecule has 7 heteroatoms. The standard InChI is InChI=1S/C17H18N2O5/c1-11-13(4-2-5-14(11)19(22)23)16(20)18-10-17(21,12-7-8-12)15-6-3-9-24-15/h2-6,9,12,21H,7-8,10H2,1H3,(H,18,20). The third kappa shape index (κ3) is 2.90. The predicted octanol–water partition coefficient (Wildman–Crippen LogP) is 2.52. The summed E-state index contributed by atoms with van der Waals surface area (Å²) in [6.07, 6.45) is 3.21. The van der Waals surface area contributed by atoms with Crippen molar-refractivity contribution >= 4 is 11.6 Å². The molecule has 1 amide bonds. The normalized spacial score (nSPS) is 16.4. The molecule has 24 heavy (non-hydrogen) atoms. The van der Waals surface area contributed by atoms with Gasteiger partial charge in [0.15, 0.2) is 0 Å². The van der Waals surface area contributed by atoms with Gasteiger partial charge in [0.25, 0.3) is 11.6 Å². The molecule has 0 aliphatic heterocycles. The minimum atomic E-state index is -1.26. The number of carbonyl (C=O) groups is 1. The Morgan fingerprint density at radius 1 is 1.42 bits per heavy atom. The van der Waals surface area contributed by atoms with Crippen molar-refractivity contribution in [2.75, 3.05) is 6.54 Å². The molecule has 1 fully saturated rings. The van der Waals surface area contributed by atoms with Crippen LogP contribution in [0.5, 0.6) is 0 Å². The molecular formula is C17H18N2O5. The first-order chi connectivity index (χ1) is 11.4. The lowest BCUT2D eigenvalue weighted by Gasteiger charge is -2.26. The molecule has 1 aliphatic rings. The molecule has 0 spiro atoms. The Hall–Kier alpha value is -2.67. The first kappa shape index (κ1) is 16.2. The molecule has 126 valence electrons. The predicted molar refractivity (Wildman–Crippen MR) is 85.5 cm³/mol. The van der Waals surface area contributed by atoms with Crippen molar-refractivity contribution < 1.29 is 19.2 Å². The number of rotatable bonds is 6. The smallest absolute Gasteiger partial charge is 0.273 e. The fraction of sp³-hybridized carbons (Fsp3) is 0.353. The third-order valence-electron chi connectivity index (χ3n) is 4.47. The van der Waals surface area contributed by atoms with E-state index in [0.29, 0.717) is 11.3 Å². The number of nitro benzene ring substituents is 1. The SMILES string of the molecule is Cc1c(C(=O)NCC(O)(c2ccco2)C2CC2)cccc1[N+](=O)[O-]. The summed E-state index contributed by atoms with van der Waals surface area (Å²) in [7, 11) is 0. The van der Waals surface area contributed by atoms with E-state index in [4.69, 9.17) is 4.42 Å². The Labute approximate surface area is 138 Å². The number of benzene rings is 1. The summed E-state index contributed by atoms with van der Waals surface area (Å²) in [6, 6.07) is 7.73. The van der Waals surface area contributed by atoms with Crippen molar-refractivity contribution in [1.29, 1.82) is 0 Å². The Morgan fingerprint density at radius 2 is 2.17 bits per heavy atom. The number of nitro groups is 1. The van der Waals surface area contributed by atoms with Crippen LogP contribution in [0.15, 0.2) is 41.0 Å². The highest BCUT2D eigenvalue weighted by Gasteiger charge is 2.47. The molecule has 1 heterocycles. The van der Waals surface area contributed by atoms with Crippen molar-refractivity contribution in [2.24, 2.45) is 5.92 Å². The molecule has 0 saturated heterocycles. The van der Waals surface area contributed by atoms with Crippen LogP contribution in [0.3, 0.4) is 0 Å². The van der Waals surface area contributed by atoms with Crippen LogP contribution in [-0.4, -0.2) is 22.5 Å². The molecular weight excluding hydrogens is 312 g/mol. The maximum atomic E-state index is 12.4. The summed E-state index contributed by atoms with van der Waals surface area (Å²) in [5.41, 5.74) is -0.839. The van der Waals surface area contributed by atoms with Crippen LogP contribution >= 0.6 is 0 Å². The van der Waals surface area contributed by atoms with Crippen molar-refractivity contribution in [3.05, 3.63) is 63.6 Å². The summed E-state index contributed by atoms with van der Waals surface area (Å²) in [4.78, 5) is 22.9. The largest absolute Gasteiger partial charge is 0.466 e. The zero-order chi connectivity index (χ0) is 17.3. The molecule has 2 N–H and O–H groups in total. The molecule has 1 unspecified atom stereocenters. The minimum absolute atomic E-state index is 0.00779. The quantitative estimate of drug-likeness (QED) is 0.625. The maximum absolute atomic E-state index is 12.4. The lowest BCUT2D eigenvalue weighted by Crippen LogP contribution is -2.42. The van der Waals surface area contributed by atoms with Gasteiger partial charge in [0.05, 0.1) is 17.7 Å². The van der Waals surface area contributed by atoms with E-state index in [-0.39, 0.29) is 23.7 Å². The van der Waals surface area contributed by atoms with Crippen molar-refractivity contribution in [2.45, 2.75) is 25.4 Å². The van der Waals surface area contributed by atoms with Crippen molar-refractivity contribution in [3.63, 3.8) is 0 Å². The van der Waals surface area contributed by atoms with Crippen LogP contribution in [-0.2, 0) is 5.60 Å². The van der Waals surface area contributed by atoms with E-state index in [9.17, 15) is 20.0 Å². The topological polar surface area (TPSA) is 106 Å². The summed E-state index contributed by atoms with van der Waals surface area (Å²) in [6.45, 7) is 1.53. The molecule has 1 atom stereocenters. The molecule has 3 rings (SSSR count). The average Bonchev–Trinajstić information content (AvgIpc) is 3.27. The van der Waals surface area contributed by atoms with Gasteiger partial charge in [-0.25, -0.2) is 0 Å². The molecule has 0 bridgehead atoms. The Bertz CT molecular complexity index is 767. The van der Waals surface area contributed by atoms with E-state index in [1.54, 1.807) is 12.1 Å². The van der Waals surface area contributed by atoms with Gasteiger partial charge in [-0.2, -0.15) is 0 Å². The second kappa shape index (κ2) is 6.09. The van der Waals surface area contributed by atoms with Gasteiger partial charge in [0.2, 0.25) is 0 Å². The molecule has 1 aliphatic carbocycles. The zero-order valence-corrected chi connectivity index (χ0v) is 13.2. The van der Waals surface area contributed by atoms with Crippen LogP contribution in [0.25, 0.3) is 0 Å². The second-order valence-electron chi connectivity index (χ2n) is 6.07. The van der Waals surface area contributed by atoms with Crippen LogP contribution < -0.4 is 5.32 Å². The Morgan fingerprint density at radius 3 is 2.75 bits per heavy atom. The number of carbonyl (C=O) groups excluding carboxylic acids is 1. The van der Waals surface area contributed by atoms with Crippen LogP contribution in [0.1, 0.15) is 34.5 Å². The molecule has 1 aromatic carbocycles. The van der Waals surface area contributed by atoms with E-state index in [0.717, 1.165) is 12.8 Å². The summed E-state index contributed by atoms with van der Waals surface area (Å²) < 4.78 is 5.32. The van der Waals surface area contributed by atoms with Crippen LogP contribution in [0.4, 0.5) is 5.69 Å². The van der Waals surface area contributed by atoms with Gasteiger partial charge < -0.3 is 14.8 Å². The van der Waals surface area contributed by atoms with Gasteiger partial charge >= 0.3 is 0 Å². The van der Waals surface area contributed by atoms with Crippen LogP contribution in [0.2, 0.25) is 0 Å². The molecule has 1 saturated carbocycles. The number of amides is 1. The lowest BCUT2D eigenvalue weighted by molar-refractivity contribution is -0.385. The zero-order valence-electron chi connectivity index (χ0n) is 13.2. The minimum Gasteiger partial charge on any atom is -0.466 e. The van der Waals surface area contributed by atoms with E-state index >= 15 is 0 Å². The summed E-state index contributed by atoms with van der Waals surface area (Å²) in [5, 5.41) is 24.6. The van der Waals surface area contributed by atoms with Gasteiger partial charge in [0, 0.05) is 17.2 Å². The highest BCUT2D eigenvalue weighted by atomic mass is 16.6. The Balaban J connectivity index is 1.78.